The second-order valence-corrected chi connectivity index (χ2v) is 7.29. The Morgan fingerprint density at radius 3 is 2.65 bits per heavy atom. The molecule has 0 atom stereocenters. The van der Waals surface area contributed by atoms with Crippen LogP contribution in [-0.4, -0.2) is 15.0 Å². The van der Waals surface area contributed by atoms with Crippen molar-refractivity contribution < 1.29 is 12.8 Å². The van der Waals surface area contributed by atoms with E-state index in [0.717, 1.165) is 25.3 Å². The minimum atomic E-state index is -3.95. The molecule has 0 aliphatic heterocycles. The monoisotopic (exact) mass is 386 g/mol. The third-order valence-electron chi connectivity index (χ3n) is 2.77. The zero-order valence-electron chi connectivity index (χ0n) is 11.0. The Kier molecular flexibility index (Phi) is 6.71. The standard InChI is InChI=1S/C12H17BrClFN2O2S/c1-2-3-4-5-6-17-20(18,19)9-7-8(14)10(13)12(16)11(9)15/h7,17H,2-6,16H2,1H3. The van der Waals surface area contributed by atoms with Gasteiger partial charge in [0.2, 0.25) is 10.0 Å². The van der Waals surface area contributed by atoms with Crippen molar-refractivity contribution in [2.45, 2.75) is 37.5 Å². The van der Waals surface area contributed by atoms with Crippen LogP contribution in [0.2, 0.25) is 5.02 Å². The van der Waals surface area contributed by atoms with Crippen molar-refractivity contribution in [2.75, 3.05) is 12.3 Å². The van der Waals surface area contributed by atoms with Crippen LogP contribution >= 0.6 is 27.5 Å². The third-order valence-corrected chi connectivity index (χ3v) is 5.61. The Morgan fingerprint density at radius 2 is 2.05 bits per heavy atom. The Morgan fingerprint density at radius 1 is 1.40 bits per heavy atom. The Hall–Kier alpha value is -0.370. The SMILES string of the molecule is CCCCCCNS(=O)(=O)c1cc(Cl)c(Br)c(N)c1F. The van der Waals surface area contributed by atoms with Gasteiger partial charge in [0, 0.05) is 6.54 Å². The maximum atomic E-state index is 13.9. The van der Waals surface area contributed by atoms with Crippen LogP contribution in [0, 0.1) is 5.82 Å². The number of hydrogen-bond donors (Lipinski definition) is 2. The van der Waals surface area contributed by atoms with Gasteiger partial charge in [0.05, 0.1) is 15.2 Å². The molecular formula is C12H17BrClFN2O2S. The highest BCUT2D eigenvalue weighted by Crippen LogP contribution is 2.34. The van der Waals surface area contributed by atoms with Crippen LogP contribution < -0.4 is 10.5 Å². The first-order valence-corrected chi connectivity index (χ1v) is 8.89. The summed E-state index contributed by atoms with van der Waals surface area (Å²) in [6.07, 6.45) is 3.71. The van der Waals surface area contributed by atoms with Crippen molar-refractivity contribution >= 4 is 43.2 Å². The molecule has 0 bridgehead atoms. The number of sulfonamides is 1. The highest BCUT2D eigenvalue weighted by atomic mass is 79.9. The van der Waals surface area contributed by atoms with Crippen molar-refractivity contribution in [1.29, 1.82) is 0 Å². The van der Waals surface area contributed by atoms with Gasteiger partial charge in [-0.05, 0) is 28.4 Å². The topological polar surface area (TPSA) is 72.2 Å². The van der Waals surface area contributed by atoms with Gasteiger partial charge in [-0.25, -0.2) is 17.5 Å². The van der Waals surface area contributed by atoms with Crippen LogP contribution in [0.3, 0.4) is 0 Å². The van der Waals surface area contributed by atoms with Gasteiger partial charge >= 0.3 is 0 Å². The average Bonchev–Trinajstić information content (AvgIpc) is 2.40. The van der Waals surface area contributed by atoms with Gasteiger partial charge in [0.25, 0.3) is 0 Å². The van der Waals surface area contributed by atoms with Crippen LogP contribution in [0.5, 0.6) is 0 Å². The van der Waals surface area contributed by atoms with Crippen molar-refractivity contribution in [2.24, 2.45) is 0 Å². The normalized spacial score (nSPS) is 11.8. The first kappa shape index (κ1) is 17.7. The van der Waals surface area contributed by atoms with E-state index < -0.39 is 20.7 Å². The molecule has 8 heteroatoms. The maximum absolute atomic E-state index is 13.9. The van der Waals surface area contributed by atoms with E-state index in [1.165, 1.54) is 0 Å². The van der Waals surface area contributed by atoms with Crippen LogP contribution in [0.1, 0.15) is 32.6 Å². The van der Waals surface area contributed by atoms with Crippen LogP contribution in [0.15, 0.2) is 15.4 Å². The maximum Gasteiger partial charge on any atom is 0.243 e. The molecule has 0 saturated carbocycles. The molecule has 0 spiro atoms. The largest absolute Gasteiger partial charge is 0.395 e. The molecule has 0 heterocycles. The molecule has 4 nitrogen and oxygen atoms in total. The Bertz CT molecular complexity index is 581. The molecule has 3 N–H and O–H groups in total. The fraction of sp³-hybridized carbons (Fsp3) is 0.500. The average molecular weight is 388 g/mol. The van der Waals surface area contributed by atoms with Crippen LogP contribution in [0.4, 0.5) is 10.1 Å². The molecule has 0 aliphatic rings. The number of nitrogens with two attached hydrogens (primary N) is 1. The number of nitrogen functional groups attached to an aromatic ring is 1. The van der Waals surface area contributed by atoms with Crippen molar-refractivity contribution in [3.8, 4) is 0 Å². The number of unbranched alkanes of at least 4 members (excludes halogenated alkanes) is 3. The quantitative estimate of drug-likeness (QED) is 0.426. The predicted octanol–water partition coefficient (Wildman–Crippen LogP) is 3.68. The van der Waals surface area contributed by atoms with Gasteiger partial charge in [-0.3, -0.25) is 0 Å². The molecule has 20 heavy (non-hydrogen) atoms. The van der Waals surface area contributed by atoms with Crippen LogP contribution in [-0.2, 0) is 10.0 Å². The van der Waals surface area contributed by atoms with Crippen molar-refractivity contribution in [3.63, 3.8) is 0 Å². The van der Waals surface area contributed by atoms with Gasteiger partial charge in [0.1, 0.15) is 4.90 Å². The molecule has 0 amide bonds. The summed E-state index contributed by atoms with van der Waals surface area (Å²) >= 11 is 8.81. The summed E-state index contributed by atoms with van der Waals surface area (Å²) < 4.78 is 40.5. The van der Waals surface area contributed by atoms with Gasteiger partial charge < -0.3 is 5.73 Å². The van der Waals surface area contributed by atoms with Gasteiger partial charge in [-0.1, -0.05) is 37.8 Å². The van der Waals surface area contributed by atoms with Crippen molar-refractivity contribution in [3.05, 3.63) is 21.4 Å². The van der Waals surface area contributed by atoms with Gasteiger partial charge in [0.15, 0.2) is 5.82 Å². The lowest BCUT2D eigenvalue weighted by Gasteiger charge is -2.11. The number of halogens is 3. The minimum absolute atomic E-state index is 0.0512. The molecule has 1 aromatic carbocycles. The molecule has 0 aromatic heterocycles. The zero-order valence-corrected chi connectivity index (χ0v) is 14.2. The second-order valence-electron chi connectivity index (χ2n) is 4.36. The summed E-state index contributed by atoms with van der Waals surface area (Å²) in [6, 6.07) is 1.05. The summed E-state index contributed by atoms with van der Waals surface area (Å²) in [6.45, 7) is 2.32. The number of anilines is 1. The highest BCUT2D eigenvalue weighted by Gasteiger charge is 2.23. The molecule has 114 valence electrons. The van der Waals surface area contributed by atoms with Crippen LogP contribution in [0.25, 0.3) is 0 Å². The lowest BCUT2D eigenvalue weighted by atomic mass is 10.2. The third kappa shape index (κ3) is 4.31. The number of benzene rings is 1. The summed E-state index contributed by atoms with van der Waals surface area (Å²) in [7, 11) is -3.95. The lowest BCUT2D eigenvalue weighted by molar-refractivity contribution is 0.554. The summed E-state index contributed by atoms with van der Waals surface area (Å²) in [5.41, 5.74) is 5.16. The van der Waals surface area contributed by atoms with E-state index >= 15 is 0 Å². The van der Waals surface area contributed by atoms with E-state index in [0.29, 0.717) is 6.42 Å². The molecule has 0 unspecified atom stereocenters. The summed E-state index contributed by atoms with van der Waals surface area (Å²) in [5, 5.41) is 0.0512. The van der Waals surface area contributed by atoms with E-state index in [9.17, 15) is 12.8 Å². The van der Waals surface area contributed by atoms with Gasteiger partial charge in [-0.15, -0.1) is 0 Å². The Labute approximate surface area is 132 Å². The molecule has 0 saturated heterocycles. The molecule has 1 aromatic rings. The molecule has 0 fully saturated rings. The Balaban J connectivity index is 2.88. The molecular weight excluding hydrogens is 371 g/mol. The number of hydrogen-bond acceptors (Lipinski definition) is 3. The first-order valence-electron chi connectivity index (χ1n) is 6.24. The first-order chi connectivity index (χ1) is 9.31. The lowest BCUT2D eigenvalue weighted by Crippen LogP contribution is -2.26. The predicted molar refractivity (Wildman–Crippen MR) is 82.9 cm³/mol. The highest BCUT2D eigenvalue weighted by molar-refractivity contribution is 9.10. The molecule has 1 rings (SSSR count). The fourth-order valence-corrected chi connectivity index (χ4v) is 3.38. The number of nitrogens with one attached hydrogen (secondary N) is 1. The minimum Gasteiger partial charge on any atom is -0.395 e. The summed E-state index contributed by atoms with van der Waals surface area (Å²) in [5.74, 6) is -0.998. The molecule has 0 radical (unpaired) electrons. The smallest absolute Gasteiger partial charge is 0.243 e. The van der Waals surface area contributed by atoms with Crippen molar-refractivity contribution in [1.82, 2.24) is 4.72 Å². The number of rotatable bonds is 7. The van der Waals surface area contributed by atoms with Gasteiger partial charge in [-0.2, -0.15) is 0 Å². The fourth-order valence-electron chi connectivity index (χ4n) is 1.63. The molecule has 0 aliphatic carbocycles. The van der Waals surface area contributed by atoms with E-state index in [-0.39, 0.29) is 21.7 Å². The zero-order chi connectivity index (χ0) is 15.3. The second kappa shape index (κ2) is 7.59. The van der Waals surface area contributed by atoms with E-state index in [1.54, 1.807) is 0 Å². The summed E-state index contributed by atoms with van der Waals surface area (Å²) in [4.78, 5) is -0.529. The van der Waals surface area contributed by atoms with E-state index in [4.69, 9.17) is 17.3 Å². The van der Waals surface area contributed by atoms with E-state index in [1.807, 2.05) is 0 Å². The van der Waals surface area contributed by atoms with E-state index in [2.05, 4.69) is 27.6 Å².